The Bertz CT molecular complexity index is 366. The fourth-order valence-electron chi connectivity index (χ4n) is 0.746. The van der Waals surface area contributed by atoms with Crippen LogP contribution in [0.25, 0.3) is 0 Å². The van der Waals surface area contributed by atoms with Gasteiger partial charge in [-0.25, -0.2) is 10.0 Å². The molecule has 1 unspecified atom stereocenters. The van der Waals surface area contributed by atoms with Crippen molar-refractivity contribution in [2.45, 2.75) is 5.50 Å². The van der Waals surface area contributed by atoms with Gasteiger partial charge in [0.2, 0.25) is 5.95 Å². The Morgan fingerprint density at radius 3 is 3.00 bits per heavy atom. The first-order chi connectivity index (χ1) is 7.17. The predicted molar refractivity (Wildman–Crippen MR) is 57.3 cm³/mol. The highest BCUT2D eigenvalue weighted by Gasteiger charge is 2.07. The van der Waals surface area contributed by atoms with Crippen LogP contribution < -0.4 is 10.4 Å². The third-order valence-corrected chi connectivity index (χ3v) is 1.75. The highest BCUT2D eigenvalue weighted by atomic mass is 35.5. The first kappa shape index (κ1) is 11.5. The van der Waals surface area contributed by atoms with E-state index >= 15 is 0 Å². The maximum Gasteiger partial charge on any atom is 0.254 e. The summed E-state index contributed by atoms with van der Waals surface area (Å²) >= 11 is 5.67. The Morgan fingerprint density at radius 2 is 2.40 bits per heavy atom. The molecule has 1 rings (SSSR count). The van der Waals surface area contributed by atoms with Crippen molar-refractivity contribution in [1.29, 1.82) is 0 Å². The van der Waals surface area contributed by atoms with Crippen LogP contribution in [-0.2, 0) is 4.84 Å². The molecule has 0 aliphatic carbocycles. The molecule has 15 heavy (non-hydrogen) atoms. The first-order valence-electron chi connectivity index (χ1n) is 4.01. The van der Waals surface area contributed by atoms with E-state index in [1.807, 2.05) is 0 Å². The van der Waals surface area contributed by atoms with Gasteiger partial charge in [0, 0.05) is 7.05 Å². The molecule has 0 spiro atoms. The first-order valence-corrected chi connectivity index (χ1v) is 4.44. The summed E-state index contributed by atoms with van der Waals surface area (Å²) in [6.45, 7) is 0. The van der Waals surface area contributed by atoms with Gasteiger partial charge in [0.15, 0.2) is 5.50 Å². The van der Waals surface area contributed by atoms with E-state index in [1.54, 1.807) is 7.05 Å². The van der Waals surface area contributed by atoms with Crippen LogP contribution in [0.2, 0.25) is 0 Å². The summed E-state index contributed by atoms with van der Waals surface area (Å²) in [5.41, 5.74) is -0.659. The van der Waals surface area contributed by atoms with Crippen molar-refractivity contribution < 1.29 is 4.84 Å². The van der Waals surface area contributed by atoms with Crippen molar-refractivity contribution in [3.05, 3.63) is 6.33 Å². The average Bonchev–Trinajstić information content (AvgIpc) is 2.28. The van der Waals surface area contributed by atoms with Crippen molar-refractivity contribution >= 4 is 23.5 Å². The summed E-state index contributed by atoms with van der Waals surface area (Å²) in [5.74, 6) is 2.94. The van der Waals surface area contributed by atoms with E-state index < -0.39 is 5.50 Å². The topological polar surface area (TPSA) is 63.2 Å². The molecule has 0 aliphatic heterocycles. The number of hydrogen-bond acceptors (Lipinski definition) is 6. The van der Waals surface area contributed by atoms with Gasteiger partial charge in [-0.05, 0) is 0 Å². The van der Waals surface area contributed by atoms with E-state index in [2.05, 4.69) is 26.2 Å². The van der Waals surface area contributed by atoms with Crippen molar-refractivity contribution in [3.8, 4) is 12.3 Å². The average molecular weight is 228 g/mol. The normalized spacial score (nSPS) is 11.6. The fraction of sp³-hybridized carbons (Fsp3) is 0.375. The van der Waals surface area contributed by atoms with Crippen molar-refractivity contribution in [2.24, 2.45) is 0 Å². The predicted octanol–water partition coefficient (Wildman–Crippen LogP) is 0.479. The molecule has 1 atom stereocenters. The van der Waals surface area contributed by atoms with E-state index in [-0.39, 0.29) is 0 Å². The van der Waals surface area contributed by atoms with Gasteiger partial charge in [-0.2, -0.15) is 9.97 Å². The van der Waals surface area contributed by atoms with Crippen LogP contribution in [0.15, 0.2) is 6.33 Å². The van der Waals surface area contributed by atoms with Crippen LogP contribution in [0.4, 0.5) is 11.9 Å². The molecule has 80 valence electrons. The van der Waals surface area contributed by atoms with Crippen LogP contribution >= 0.6 is 11.6 Å². The van der Waals surface area contributed by atoms with Crippen LogP contribution in [0.1, 0.15) is 0 Å². The molecule has 0 saturated heterocycles. The maximum absolute atomic E-state index is 5.67. The summed E-state index contributed by atoms with van der Waals surface area (Å²) in [6.07, 6.45) is 6.43. The Labute approximate surface area is 92.6 Å². The Morgan fingerprint density at radius 1 is 1.67 bits per heavy atom. The molecule has 0 aliphatic rings. The summed E-state index contributed by atoms with van der Waals surface area (Å²) in [7, 11) is 3.17. The number of hydrogen-bond donors (Lipinski definition) is 1. The zero-order valence-electron chi connectivity index (χ0n) is 8.31. The highest BCUT2D eigenvalue weighted by Crippen LogP contribution is 2.07. The molecule has 0 saturated carbocycles. The van der Waals surface area contributed by atoms with Gasteiger partial charge in [-0.3, -0.25) is 4.84 Å². The number of aromatic nitrogens is 3. The molecule has 1 aromatic heterocycles. The molecule has 0 fully saturated rings. The lowest BCUT2D eigenvalue weighted by Gasteiger charge is -2.13. The molecular formula is C8H10ClN5O. The van der Waals surface area contributed by atoms with Crippen molar-refractivity contribution in [1.82, 2.24) is 15.0 Å². The molecule has 1 N–H and O–H groups in total. The van der Waals surface area contributed by atoms with Crippen LogP contribution in [0, 0.1) is 12.3 Å². The van der Waals surface area contributed by atoms with Gasteiger partial charge in [-0.1, -0.05) is 17.5 Å². The van der Waals surface area contributed by atoms with Gasteiger partial charge < -0.3 is 5.32 Å². The van der Waals surface area contributed by atoms with Crippen LogP contribution in [-0.4, -0.2) is 34.6 Å². The Hall–Kier alpha value is -1.58. The largest absolute Gasteiger partial charge is 0.328 e. The molecule has 6 nitrogen and oxygen atoms in total. The second kappa shape index (κ2) is 5.34. The van der Waals surface area contributed by atoms with E-state index in [0.29, 0.717) is 11.9 Å². The SMILES string of the molecule is C#CC(Cl)Nc1ncnc(N(C)OC)n1. The zero-order valence-corrected chi connectivity index (χ0v) is 9.06. The summed E-state index contributed by atoms with van der Waals surface area (Å²) < 4.78 is 0. The van der Waals surface area contributed by atoms with Crippen molar-refractivity contribution in [2.75, 3.05) is 24.5 Å². The quantitative estimate of drug-likeness (QED) is 0.349. The number of terminal acetylenes is 1. The van der Waals surface area contributed by atoms with Gasteiger partial charge >= 0.3 is 0 Å². The molecule has 7 heteroatoms. The number of halogens is 1. The lowest BCUT2D eigenvalue weighted by atomic mass is 10.6. The molecule has 1 heterocycles. The Kier molecular flexibility index (Phi) is 4.09. The van der Waals surface area contributed by atoms with Crippen molar-refractivity contribution in [3.63, 3.8) is 0 Å². The van der Waals surface area contributed by atoms with Gasteiger partial charge in [0.1, 0.15) is 6.33 Å². The van der Waals surface area contributed by atoms with E-state index in [9.17, 15) is 0 Å². The maximum atomic E-state index is 5.67. The standard InChI is InChI=1S/C8H10ClN5O/c1-4-6(9)12-7-10-5-11-8(13-7)14(2)15-3/h1,5-6H,2-3H3,(H,10,11,12,13). The zero-order chi connectivity index (χ0) is 11.3. The molecule has 0 bridgehead atoms. The number of alkyl halides is 1. The van der Waals surface area contributed by atoms with Gasteiger partial charge in [-0.15, -0.1) is 6.42 Å². The van der Waals surface area contributed by atoms with E-state index in [0.717, 1.165) is 0 Å². The molecule has 0 aromatic carbocycles. The highest BCUT2D eigenvalue weighted by molar-refractivity contribution is 6.23. The number of nitrogens with one attached hydrogen (secondary N) is 1. The summed E-state index contributed by atoms with van der Waals surface area (Å²) in [6, 6.07) is 0. The third kappa shape index (κ3) is 3.23. The number of nitrogens with zero attached hydrogens (tertiary/aromatic N) is 4. The minimum atomic E-state index is -0.659. The monoisotopic (exact) mass is 227 g/mol. The second-order valence-corrected chi connectivity index (χ2v) is 2.90. The number of rotatable bonds is 4. The van der Waals surface area contributed by atoms with E-state index in [4.69, 9.17) is 22.9 Å². The lowest BCUT2D eigenvalue weighted by molar-refractivity contribution is 0.180. The fourth-order valence-corrected chi connectivity index (χ4v) is 0.843. The molecule has 1 aromatic rings. The van der Waals surface area contributed by atoms with Gasteiger partial charge in [0.25, 0.3) is 5.95 Å². The van der Waals surface area contributed by atoms with Crippen LogP contribution in [0.5, 0.6) is 0 Å². The number of anilines is 2. The minimum absolute atomic E-state index is 0.293. The molecule has 0 radical (unpaired) electrons. The third-order valence-electron chi connectivity index (χ3n) is 1.52. The Balaban J connectivity index is 2.79. The van der Waals surface area contributed by atoms with Crippen LogP contribution in [0.3, 0.4) is 0 Å². The molecule has 0 amide bonds. The molecular weight excluding hydrogens is 218 g/mol. The number of hydroxylamine groups is 1. The van der Waals surface area contributed by atoms with Gasteiger partial charge in [0.05, 0.1) is 7.11 Å². The smallest absolute Gasteiger partial charge is 0.254 e. The second-order valence-electron chi connectivity index (χ2n) is 2.46. The lowest BCUT2D eigenvalue weighted by Crippen LogP contribution is -2.20. The minimum Gasteiger partial charge on any atom is -0.328 e. The summed E-state index contributed by atoms with van der Waals surface area (Å²) in [4.78, 5) is 16.7. The summed E-state index contributed by atoms with van der Waals surface area (Å²) in [5, 5.41) is 4.08. The van der Waals surface area contributed by atoms with E-state index in [1.165, 1.54) is 18.5 Å².